The molecule has 0 aliphatic carbocycles. The lowest BCUT2D eigenvalue weighted by atomic mass is 10.1. The summed E-state index contributed by atoms with van der Waals surface area (Å²) in [4.78, 5) is 11.5. The number of ether oxygens (including phenoxy) is 1. The van der Waals surface area contributed by atoms with Crippen molar-refractivity contribution in [2.75, 3.05) is 19.8 Å². The fraction of sp³-hybridized carbons (Fsp3) is 0.444. The average Bonchev–Trinajstić information content (AvgIpc) is 2.52. The Balaban J connectivity index is 1.69. The third-order valence-electron chi connectivity index (χ3n) is 3.75. The van der Waals surface area contributed by atoms with E-state index in [4.69, 9.17) is 9.72 Å². The summed E-state index contributed by atoms with van der Waals surface area (Å²) in [6.45, 7) is 8.83. The van der Waals surface area contributed by atoms with Crippen LogP contribution < -0.4 is 0 Å². The lowest BCUT2D eigenvalue weighted by Gasteiger charge is -2.29. The molecule has 0 fully saturated rings. The van der Waals surface area contributed by atoms with Gasteiger partial charge < -0.3 is 4.74 Å². The van der Waals surface area contributed by atoms with Gasteiger partial charge in [0, 0.05) is 13.1 Å². The van der Waals surface area contributed by atoms with Crippen LogP contribution in [0.5, 0.6) is 0 Å². The summed E-state index contributed by atoms with van der Waals surface area (Å²) in [7, 11) is 0. The molecule has 0 bridgehead atoms. The van der Waals surface area contributed by atoms with Crippen molar-refractivity contribution >= 4 is 16.6 Å². The molecular weight excluding hydrogens is 274 g/mol. The second-order valence-corrected chi connectivity index (χ2v) is 6.69. The van der Waals surface area contributed by atoms with Crippen molar-refractivity contribution in [3.63, 3.8) is 0 Å². The van der Waals surface area contributed by atoms with E-state index in [0.29, 0.717) is 6.73 Å². The molecular formula is C18H23N3O. The maximum atomic E-state index is 5.84. The highest BCUT2D eigenvalue weighted by Crippen LogP contribution is 2.22. The highest BCUT2D eigenvalue weighted by molar-refractivity contribution is 5.76. The van der Waals surface area contributed by atoms with Crippen LogP contribution in [0.1, 0.15) is 32.9 Å². The third-order valence-corrected chi connectivity index (χ3v) is 3.75. The van der Waals surface area contributed by atoms with Crippen molar-refractivity contribution in [3.8, 4) is 0 Å². The van der Waals surface area contributed by atoms with Crippen LogP contribution in [0.3, 0.4) is 0 Å². The van der Waals surface area contributed by atoms with Gasteiger partial charge in [0.2, 0.25) is 0 Å². The summed E-state index contributed by atoms with van der Waals surface area (Å²) in [6, 6.07) is 8.00. The summed E-state index contributed by atoms with van der Waals surface area (Å²) in [5, 5.41) is 0. The lowest BCUT2D eigenvalue weighted by molar-refractivity contribution is -0.0603. The van der Waals surface area contributed by atoms with E-state index in [1.165, 1.54) is 5.57 Å². The van der Waals surface area contributed by atoms with Crippen LogP contribution in [0.2, 0.25) is 0 Å². The van der Waals surface area contributed by atoms with E-state index in [0.717, 1.165) is 36.2 Å². The van der Waals surface area contributed by atoms with Gasteiger partial charge in [0.1, 0.15) is 0 Å². The van der Waals surface area contributed by atoms with Crippen LogP contribution in [-0.2, 0) is 4.74 Å². The monoisotopic (exact) mass is 297 g/mol. The molecule has 116 valence electrons. The summed E-state index contributed by atoms with van der Waals surface area (Å²) >= 11 is 0. The number of benzene rings is 1. The van der Waals surface area contributed by atoms with Gasteiger partial charge in [-0.05, 0) is 44.9 Å². The first-order valence-electron chi connectivity index (χ1n) is 7.79. The predicted octanol–water partition coefficient (Wildman–Crippen LogP) is 3.49. The largest absolute Gasteiger partial charge is 0.360 e. The molecule has 2 heterocycles. The van der Waals surface area contributed by atoms with Gasteiger partial charge in [-0.25, -0.2) is 4.98 Å². The van der Waals surface area contributed by atoms with Crippen LogP contribution in [0.4, 0.5) is 0 Å². The number of hydrogen-bond acceptors (Lipinski definition) is 4. The molecule has 0 saturated heterocycles. The Bertz CT molecular complexity index is 688. The number of rotatable bonds is 3. The van der Waals surface area contributed by atoms with Gasteiger partial charge in [0.25, 0.3) is 0 Å². The first kappa shape index (κ1) is 15.1. The lowest BCUT2D eigenvalue weighted by Crippen LogP contribution is -2.34. The molecule has 1 aliphatic heterocycles. The number of para-hydroxylation sites is 2. The Hall–Kier alpha value is -1.78. The van der Waals surface area contributed by atoms with Crippen LogP contribution in [0.25, 0.3) is 16.6 Å². The summed E-state index contributed by atoms with van der Waals surface area (Å²) in [5.41, 5.74) is 4.09. The normalized spacial score (nSPS) is 16.8. The highest BCUT2D eigenvalue weighted by Gasteiger charge is 2.17. The summed E-state index contributed by atoms with van der Waals surface area (Å²) in [6.07, 6.45) is 5.12. The second-order valence-electron chi connectivity index (χ2n) is 6.69. The van der Waals surface area contributed by atoms with E-state index < -0.39 is 0 Å². The number of nitrogens with zero attached hydrogens (tertiary/aromatic N) is 3. The van der Waals surface area contributed by atoms with E-state index in [9.17, 15) is 0 Å². The quantitative estimate of drug-likeness (QED) is 0.869. The van der Waals surface area contributed by atoms with Crippen LogP contribution in [0, 0.1) is 0 Å². The fourth-order valence-electron chi connectivity index (χ4n) is 2.46. The molecule has 1 aromatic heterocycles. The van der Waals surface area contributed by atoms with Gasteiger partial charge in [0.05, 0.1) is 35.3 Å². The van der Waals surface area contributed by atoms with Gasteiger partial charge in [0.15, 0.2) is 0 Å². The SMILES string of the molecule is CC(C)(C)OCN1CC=C(c2cnc3ccccc3n2)CC1. The minimum absolute atomic E-state index is 0.0895. The second kappa shape index (κ2) is 6.15. The minimum atomic E-state index is -0.0895. The third kappa shape index (κ3) is 3.70. The summed E-state index contributed by atoms with van der Waals surface area (Å²) < 4.78 is 5.84. The molecule has 4 nitrogen and oxygen atoms in total. The average molecular weight is 297 g/mol. The molecule has 0 spiro atoms. The maximum absolute atomic E-state index is 5.84. The molecule has 0 unspecified atom stereocenters. The number of hydrogen-bond donors (Lipinski definition) is 0. The van der Waals surface area contributed by atoms with Crippen molar-refractivity contribution in [1.29, 1.82) is 0 Å². The molecule has 0 saturated carbocycles. The Morgan fingerprint density at radius 2 is 1.95 bits per heavy atom. The predicted molar refractivity (Wildman–Crippen MR) is 89.4 cm³/mol. The molecule has 0 N–H and O–H groups in total. The molecule has 1 aromatic carbocycles. The van der Waals surface area contributed by atoms with Crippen molar-refractivity contribution in [2.24, 2.45) is 0 Å². The minimum Gasteiger partial charge on any atom is -0.360 e. The van der Waals surface area contributed by atoms with Crippen molar-refractivity contribution in [3.05, 3.63) is 42.2 Å². The van der Waals surface area contributed by atoms with Gasteiger partial charge in [-0.3, -0.25) is 9.88 Å². The van der Waals surface area contributed by atoms with E-state index in [2.05, 4.69) is 36.7 Å². The molecule has 0 radical (unpaired) electrons. The van der Waals surface area contributed by atoms with Crippen LogP contribution in [0.15, 0.2) is 36.5 Å². The van der Waals surface area contributed by atoms with Crippen LogP contribution in [-0.4, -0.2) is 40.3 Å². The Kier molecular flexibility index (Phi) is 4.23. The van der Waals surface area contributed by atoms with Gasteiger partial charge in [-0.15, -0.1) is 0 Å². The van der Waals surface area contributed by atoms with Crippen LogP contribution >= 0.6 is 0 Å². The molecule has 1 aliphatic rings. The van der Waals surface area contributed by atoms with Gasteiger partial charge in [-0.2, -0.15) is 0 Å². The molecule has 0 atom stereocenters. The van der Waals surface area contributed by atoms with Gasteiger partial charge in [-0.1, -0.05) is 18.2 Å². The summed E-state index contributed by atoms with van der Waals surface area (Å²) in [5.74, 6) is 0. The zero-order valence-corrected chi connectivity index (χ0v) is 13.5. The first-order chi connectivity index (χ1) is 10.5. The Morgan fingerprint density at radius 1 is 1.18 bits per heavy atom. The molecule has 4 heteroatoms. The zero-order chi connectivity index (χ0) is 15.6. The van der Waals surface area contributed by atoms with E-state index in [-0.39, 0.29) is 5.60 Å². The smallest absolute Gasteiger partial charge is 0.1000 e. The van der Waals surface area contributed by atoms with Crippen molar-refractivity contribution < 1.29 is 4.74 Å². The molecule has 22 heavy (non-hydrogen) atoms. The Labute approximate surface area is 131 Å². The zero-order valence-electron chi connectivity index (χ0n) is 13.5. The number of fused-ring (bicyclic) bond motifs is 1. The molecule has 0 amide bonds. The molecule has 2 aromatic rings. The first-order valence-corrected chi connectivity index (χ1v) is 7.79. The van der Waals surface area contributed by atoms with Gasteiger partial charge >= 0.3 is 0 Å². The Morgan fingerprint density at radius 3 is 2.64 bits per heavy atom. The van der Waals surface area contributed by atoms with Crippen molar-refractivity contribution in [1.82, 2.24) is 14.9 Å². The topological polar surface area (TPSA) is 38.2 Å². The van der Waals surface area contributed by atoms with Crippen molar-refractivity contribution in [2.45, 2.75) is 32.8 Å². The number of aromatic nitrogens is 2. The fourth-order valence-corrected chi connectivity index (χ4v) is 2.46. The standard InChI is InChI=1S/C18H23N3O/c1-18(2,3)22-13-21-10-8-14(9-11-21)17-12-19-15-6-4-5-7-16(15)20-17/h4-8,12H,9-11,13H2,1-3H3. The van der Waals surface area contributed by atoms with E-state index >= 15 is 0 Å². The molecule has 3 rings (SSSR count). The van der Waals surface area contributed by atoms with E-state index in [1.54, 1.807) is 0 Å². The highest BCUT2D eigenvalue weighted by atomic mass is 16.5. The van der Waals surface area contributed by atoms with E-state index in [1.807, 2.05) is 30.5 Å². The maximum Gasteiger partial charge on any atom is 0.1000 e.